The largest absolute Gasteiger partial charge is 0.396 e. The lowest BCUT2D eigenvalue weighted by Gasteiger charge is -2.51. The van der Waals surface area contributed by atoms with E-state index in [0.717, 1.165) is 50.2 Å². The summed E-state index contributed by atoms with van der Waals surface area (Å²) in [5.41, 5.74) is 0.225. The van der Waals surface area contributed by atoms with Gasteiger partial charge in [-0.25, -0.2) is 0 Å². The van der Waals surface area contributed by atoms with E-state index in [-0.39, 0.29) is 16.2 Å². The highest BCUT2D eigenvalue weighted by Crippen LogP contribution is 2.56. The van der Waals surface area contributed by atoms with Gasteiger partial charge in [-0.1, -0.05) is 25.9 Å². The van der Waals surface area contributed by atoms with E-state index in [0.29, 0.717) is 6.61 Å². The van der Waals surface area contributed by atoms with Crippen LogP contribution in [0.5, 0.6) is 0 Å². The summed E-state index contributed by atoms with van der Waals surface area (Å²) in [7, 11) is 0. The molecule has 4 rings (SSSR count). The summed E-state index contributed by atoms with van der Waals surface area (Å²) in [5.74, 6) is 1.64. The summed E-state index contributed by atoms with van der Waals surface area (Å²) in [5, 5.41) is 13.9. The van der Waals surface area contributed by atoms with Gasteiger partial charge in [0.25, 0.3) is 0 Å². The van der Waals surface area contributed by atoms with Crippen LogP contribution in [0.2, 0.25) is 0 Å². The normalized spacial score (nSPS) is 34.7. The van der Waals surface area contributed by atoms with Gasteiger partial charge < -0.3 is 9.63 Å². The molecule has 0 aromatic carbocycles. The fourth-order valence-electron chi connectivity index (χ4n) is 3.58. The summed E-state index contributed by atoms with van der Waals surface area (Å²) in [6, 6.07) is 0. The van der Waals surface area contributed by atoms with Crippen molar-refractivity contribution in [2.24, 2.45) is 5.41 Å². The summed E-state index contributed by atoms with van der Waals surface area (Å²) >= 11 is 0. The van der Waals surface area contributed by atoms with Crippen molar-refractivity contribution >= 4 is 0 Å². The monoisotopic (exact) mass is 264 g/mol. The number of hydrogen-bond donors (Lipinski definition) is 1. The molecule has 1 aromatic heterocycles. The molecule has 4 nitrogen and oxygen atoms in total. The molecule has 0 radical (unpaired) electrons. The third-order valence-corrected chi connectivity index (χ3v) is 5.28. The third-order valence-electron chi connectivity index (χ3n) is 5.28. The number of hydrogen-bond acceptors (Lipinski definition) is 4. The van der Waals surface area contributed by atoms with Gasteiger partial charge in [-0.05, 0) is 43.9 Å². The molecular formula is C15H24N2O2. The topological polar surface area (TPSA) is 59.2 Å². The minimum atomic E-state index is -0.0833. The molecule has 3 saturated carbocycles. The zero-order chi connectivity index (χ0) is 13.7. The average Bonchev–Trinajstić information content (AvgIpc) is 2.91. The Kier molecular flexibility index (Phi) is 2.79. The van der Waals surface area contributed by atoms with Crippen LogP contribution in [-0.4, -0.2) is 21.9 Å². The summed E-state index contributed by atoms with van der Waals surface area (Å²) in [4.78, 5) is 4.68. The van der Waals surface area contributed by atoms with E-state index in [9.17, 15) is 5.11 Å². The maximum atomic E-state index is 9.58. The first-order valence-electron chi connectivity index (χ1n) is 7.35. The van der Waals surface area contributed by atoms with E-state index in [1.165, 1.54) is 0 Å². The molecule has 1 heterocycles. The first kappa shape index (κ1) is 13.1. The van der Waals surface area contributed by atoms with E-state index < -0.39 is 0 Å². The Hall–Kier alpha value is -0.900. The molecule has 3 fully saturated rings. The van der Waals surface area contributed by atoms with Gasteiger partial charge in [0.2, 0.25) is 5.89 Å². The molecule has 0 unspecified atom stereocenters. The van der Waals surface area contributed by atoms with E-state index in [4.69, 9.17) is 4.52 Å². The summed E-state index contributed by atoms with van der Waals surface area (Å²) in [6.45, 7) is 6.63. The number of nitrogens with zero attached hydrogens (tertiary/aromatic N) is 2. The van der Waals surface area contributed by atoms with Gasteiger partial charge in [0, 0.05) is 17.4 Å². The molecule has 2 bridgehead atoms. The van der Waals surface area contributed by atoms with Crippen LogP contribution in [-0.2, 0) is 10.8 Å². The molecule has 1 aromatic rings. The minimum Gasteiger partial charge on any atom is -0.396 e. The molecule has 106 valence electrons. The Labute approximate surface area is 114 Å². The molecule has 1 N–H and O–H groups in total. The van der Waals surface area contributed by atoms with Crippen LogP contribution < -0.4 is 0 Å². The van der Waals surface area contributed by atoms with Crippen LogP contribution >= 0.6 is 0 Å². The van der Waals surface area contributed by atoms with Gasteiger partial charge in [0.15, 0.2) is 5.82 Å². The van der Waals surface area contributed by atoms with Gasteiger partial charge in [-0.2, -0.15) is 4.98 Å². The number of aliphatic hydroxyl groups excluding tert-OH is 1. The molecule has 0 amide bonds. The molecule has 0 aliphatic heterocycles. The maximum Gasteiger partial charge on any atom is 0.232 e. The third kappa shape index (κ3) is 2.00. The zero-order valence-electron chi connectivity index (χ0n) is 12.2. The van der Waals surface area contributed by atoms with Gasteiger partial charge in [-0.15, -0.1) is 0 Å². The summed E-state index contributed by atoms with van der Waals surface area (Å²) < 4.78 is 5.47. The Morgan fingerprint density at radius 1 is 1.11 bits per heavy atom. The predicted octanol–water partition coefficient (Wildman–Crippen LogP) is 2.95. The lowest BCUT2D eigenvalue weighted by Crippen LogP contribution is -2.46. The van der Waals surface area contributed by atoms with Crippen molar-refractivity contribution in [3.8, 4) is 0 Å². The smallest absolute Gasteiger partial charge is 0.232 e. The maximum absolute atomic E-state index is 9.58. The molecule has 3 aliphatic carbocycles. The molecular weight excluding hydrogens is 240 g/mol. The van der Waals surface area contributed by atoms with Crippen LogP contribution in [0.4, 0.5) is 0 Å². The minimum absolute atomic E-state index is 0.0833. The molecule has 0 atom stereocenters. The Bertz CT molecular complexity index is 448. The highest BCUT2D eigenvalue weighted by molar-refractivity contribution is 5.16. The second-order valence-electron chi connectivity index (χ2n) is 7.61. The lowest BCUT2D eigenvalue weighted by molar-refractivity contribution is -0.0104. The van der Waals surface area contributed by atoms with Crippen molar-refractivity contribution in [2.45, 2.75) is 70.1 Å². The first-order valence-corrected chi connectivity index (χ1v) is 7.35. The van der Waals surface area contributed by atoms with Gasteiger partial charge in [0.1, 0.15) is 0 Å². The second kappa shape index (κ2) is 4.05. The highest BCUT2D eigenvalue weighted by Gasteiger charge is 2.51. The van der Waals surface area contributed by atoms with Gasteiger partial charge in [-0.3, -0.25) is 0 Å². The van der Waals surface area contributed by atoms with Crippen molar-refractivity contribution < 1.29 is 9.63 Å². The predicted molar refractivity (Wildman–Crippen MR) is 71.9 cm³/mol. The quantitative estimate of drug-likeness (QED) is 0.892. The van der Waals surface area contributed by atoms with E-state index in [2.05, 4.69) is 30.9 Å². The van der Waals surface area contributed by atoms with Crippen molar-refractivity contribution in [3.05, 3.63) is 11.7 Å². The first-order chi connectivity index (χ1) is 8.89. The van der Waals surface area contributed by atoms with E-state index in [1.807, 2.05) is 0 Å². The van der Waals surface area contributed by atoms with Gasteiger partial charge in [0.05, 0.1) is 0 Å². The number of rotatable bonds is 2. The van der Waals surface area contributed by atoms with Crippen LogP contribution in [0.1, 0.15) is 71.0 Å². The summed E-state index contributed by atoms with van der Waals surface area (Å²) in [6.07, 6.45) is 6.58. The SMILES string of the molecule is CC(C)(C)c1nc(C23CCC(CO)(CC2)CC3)no1. The standard InChI is InChI=1S/C15H24N2O2/c1-13(2,3)12-16-11(17-19-12)15-7-4-14(10-18,5-8-15)6-9-15/h18H,4-10H2,1-3H3. The Balaban J connectivity index is 1.86. The zero-order valence-corrected chi connectivity index (χ0v) is 12.2. The van der Waals surface area contributed by atoms with Gasteiger partial charge >= 0.3 is 0 Å². The fraction of sp³-hybridized carbons (Fsp3) is 0.867. The van der Waals surface area contributed by atoms with Crippen molar-refractivity contribution in [1.82, 2.24) is 10.1 Å². The van der Waals surface area contributed by atoms with E-state index in [1.54, 1.807) is 0 Å². The molecule has 4 heteroatoms. The fourth-order valence-corrected chi connectivity index (χ4v) is 3.58. The second-order valence-corrected chi connectivity index (χ2v) is 7.61. The molecule has 0 saturated heterocycles. The number of fused-ring (bicyclic) bond motifs is 3. The van der Waals surface area contributed by atoms with Crippen molar-refractivity contribution in [3.63, 3.8) is 0 Å². The van der Waals surface area contributed by atoms with Crippen LogP contribution in [0.25, 0.3) is 0 Å². The van der Waals surface area contributed by atoms with Crippen molar-refractivity contribution in [1.29, 1.82) is 0 Å². The number of aliphatic hydroxyl groups is 1. The van der Waals surface area contributed by atoms with Crippen LogP contribution in [0.15, 0.2) is 4.52 Å². The molecule has 0 spiro atoms. The van der Waals surface area contributed by atoms with Crippen molar-refractivity contribution in [2.75, 3.05) is 6.61 Å². The Morgan fingerprint density at radius 2 is 1.68 bits per heavy atom. The average molecular weight is 264 g/mol. The molecule has 3 aliphatic rings. The highest BCUT2D eigenvalue weighted by atomic mass is 16.5. The van der Waals surface area contributed by atoms with E-state index >= 15 is 0 Å². The van der Waals surface area contributed by atoms with Crippen LogP contribution in [0.3, 0.4) is 0 Å². The lowest BCUT2D eigenvalue weighted by atomic mass is 9.54. The Morgan fingerprint density at radius 3 is 2.11 bits per heavy atom. The van der Waals surface area contributed by atoms with Crippen LogP contribution in [0, 0.1) is 5.41 Å². The molecule has 19 heavy (non-hydrogen) atoms. The number of aromatic nitrogens is 2.